The second kappa shape index (κ2) is 4.76. The van der Waals surface area contributed by atoms with Gasteiger partial charge in [-0.1, -0.05) is 24.3 Å². The molecule has 3 aromatic rings. The van der Waals surface area contributed by atoms with Crippen molar-refractivity contribution in [2.24, 2.45) is 0 Å². The second-order valence-corrected chi connectivity index (χ2v) is 4.67. The Kier molecular flexibility index (Phi) is 2.95. The minimum Gasteiger partial charge on any atom is -0.495 e. The van der Waals surface area contributed by atoms with Crippen molar-refractivity contribution in [3.05, 3.63) is 65.6 Å². The fraction of sp³-hybridized carbons (Fsp3) is 0.188. The van der Waals surface area contributed by atoms with E-state index >= 15 is 0 Å². The van der Waals surface area contributed by atoms with Crippen molar-refractivity contribution in [3.8, 4) is 5.75 Å². The van der Waals surface area contributed by atoms with Crippen molar-refractivity contribution in [3.63, 3.8) is 0 Å². The molecule has 3 rings (SSSR count). The van der Waals surface area contributed by atoms with E-state index in [2.05, 4.69) is 42.4 Å². The highest BCUT2D eigenvalue weighted by Crippen LogP contribution is 2.16. The molecule has 1 aromatic carbocycles. The molecule has 0 fully saturated rings. The van der Waals surface area contributed by atoms with Gasteiger partial charge < -0.3 is 9.14 Å². The van der Waals surface area contributed by atoms with Gasteiger partial charge in [-0.25, -0.2) is 4.98 Å². The van der Waals surface area contributed by atoms with E-state index in [0.717, 1.165) is 23.5 Å². The first-order valence-corrected chi connectivity index (χ1v) is 6.32. The summed E-state index contributed by atoms with van der Waals surface area (Å²) in [6, 6.07) is 12.3. The third-order valence-electron chi connectivity index (χ3n) is 3.34. The lowest BCUT2D eigenvalue weighted by molar-refractivity contribution is 0.412. The van der Waals surface area contributed by atoms with Gasteiger partial charge in [0.2, 0.25) is 0 Å². The Balaban J connectivity index is 1.95. The number of pyridine rings is 1. The summed E-state index contributed by atoms with van der Waals surface area (Å²) in [6.07, 6.45) is 4.87. The molecule has 0 unspecified atom stereocenters. The molecule has 0 bridgehead atoms. The molecule has 3 nitrogen and oxygen atoms in total. The summed E-state index contributed by atoms with van der Waals surface area (Å²) in [7, 11) is 1.67. The number of aryl methyl sites for hydroxylation is 1. The highest BCUT2D eigenvalue weighted by atomic mass is 16.5. The Morgan fingerprint density at radius 2 is 1.95 bits per heavy atom. The Morgan fingerprint density at radius 3 is 2.74 bits per heavy atom. The molecule has 0 amide bonds. The lowest BCUT2D eigenvalue weighted by atomic mass is 10.0. The maximum atomic E-state index is 5.22. The zero-order valence-corrected chi connectivity index (χ0v) is 11.1. The van der Waals surface area contributed by atoms with E-state index in [1.807, 2.05) is 22.7 Å². The number of aromatic nitrogens is 2. The highest BCUT2D eigenvalue weighted by molar-refractivity contribution is 5.44. The van der Waals surface area contributed by atoms with Crippen molar-refractivity contribution in [1.82, 2.24) is 9.38 Å². The molecule has 0 radical (unpaired) electrons. The van der Waals surface area contributed by atoms with Gasteiger partial charge in [-0.15, -0.1) is 0 Å². The van der Waals surface area contributed by atoms with Gasteiger partial charge in [0.05, 0.1) is 19.0 Å². The van der Waals surface area contributed by atoms with E-state index in [9.17, 15) is 0 Å². The van der Waals surface area contributed by atoms with Crippen LogP contribution in [-0.2, 0) is 6.42 Å². The van der Waals surface area contributed by atoms with Crippen LogP contribution in [0.1, 0.15) is 16.8 Å². The van der Waals surface area contributed by atoms with Crippen LogP contribution in [0.4, 0.5) is 0 Å². The van der Waals surface area contributed by atoms with Crippen LogP contribution in [-0.4, -0.2) is 16.5 Å². The van der Waals surface area contributed by atoms with Crippen LogP contribution in [0.3, 0.4) is 0 Å². The molecule has 3 heteroatoms. The lowest BCUT2D eigenvalue weighted by Gasteiger charge is -2.01. The fourth-order valence-electron chi connectivity index (χ4n) is 2.23. The first-order chi connectivity index (χ1) is 9.26. The van der Waals surface area contributed by atoms with Crippen LogP contribution in [0.15, 0.2) is 48.8 Å². The molecule has 0 aliphatic rings. The standard InChI is InChI=1S/C16H16N2O/c1-12-5-3-4-6-13(12)9-14-10-18-11-15(19-2)7-8-16(18)17-14/h3-8,10-11H,9H2,1-2H3. The van der Waals surface area contributed by atoms with Crippen LogP contribution in [0.25, 0.3) is 5.65 Å². The maximum Gasteiger partial charge on any atom is 0.137 e. The molecular formula is C16H16N2O. The minimum absolute atomic E-state index is 0.840. The Morgan fingerprint density at radius 1 is 1.11 bits per heavy atom. The van der Waals surface area contributed by atoms with E-state index in [4.69, 9.17) is 4.74 Å². The molecular weight excluding hydrogens is 236 g/mol. The van der Waals surface area contributed by atoms with E-state index in [1.54, 1.807) is 7.11 Å². The van der Waals surface area contributed by atoms with E-state index in [0.29, 0.717) is 0 Å². The van der Waals surface area contributed by atoms with Gasteiger partial charge in [0.25, 0.3) is 0 Å². The first kappa shape index (κ1) is 11.8. The third kappa shape index (κ3) is 2.32. The average Bonchev–Trinajstić information content (AvgIpc) is 2.82. The van der Waals surface area contributed by atoms with Gasteiger partial charge in [-0.05, 0) is 30.2 Å². The van der Waals surface area contributed by atoms with Crippen molar-refractivity contribution in [2.75, 3.05) is 7.11 Å². The number of imidazole rings is 1. The molecule has 0 N–H and O–H groups in total. The van der Waals surface area contributed by atoms with Crippen LogP contribution in [0.2, 0.25) is 0 Å². The van der Waals surface area contributed by atoms with Gasteiger partial charge in [0.15, 0.2) is 0 Å². The summed E-state index contributed by atoms with van der Waals surface area (Å²) >= 11 is 0. The molecule has 2 aromatic heterocycles. The number of nitrogens with zero attached hydrogens (tertiary/aromatic N) is 2. The lowest BCUT2D eigenvalue weighted by Crippen LogP contribution is -1.91. The number of fused-ring (bicyclic) bond motifs is 1. The van der Waals surface area contributed by atoms with Crippen LogP contribution < -0.4 is 4.74 Å². The third-order valence-corrected chi connectivity index (χ3v) is 3.34. The van der Waals surface area contributed by atoms with Crippen molar-refractivity contribution in [2.45, 2.75) is 13.3 Å². The molecule has 0 aliphatic heterocycles. The summed E-state index contributed by atoms with van der Waals surface area (Å²) in [4.78, 5) is 4.63. The average molecular weight is 252 g/mol. The van der Waals surface area contributed by atoms with Crippen LogP contribution in [0.5, 0.6) is 5.75 Å². The Hall–Kier alpha value is -2.29. The van der Waals surface area contributed by atoms with Crippen molar-refractivity contribution >= 4 is 5.65 Å². The van der Waals surface area contributed by atoms with E-state index < -0.39 is 0 Å². The molecule has 0 aliphatic carbocycles. The minimum atomic E-state index is 0.840. The topological polar surface area (TPSA) is 26.5 Å². The normalized spacial score (nSPS) is 10.8. The van der Waals surface area contributed by atoms with Gasteiger partial charge in [-0.2, -0.15) is 0 Å². The Bertz CT molecular complexity index is 716. The maximum absolute atomic E-state index is 5.22. The largest absolute Gasteiger partial charge is 0.495 e. The summed E-state index contributed by atoms with van der Waals surface area (Å²) in [5.74, 6) is 0.840. The molecule has 0 atom stereocenters. The number of ether oxygens (including phenoxy) is 1. The first-order valence-electron chi connectivity index (χ1n) is 6.32. The van der Waals surface area contributed by atoms with Gasteiger partial charge in [0.1, 0.15) is 11.4 Å². The highest BCUT2D eigenvalue weighted by Gasteiger charge is 2.05. The molecule has 0 spiro atoms. The van der Waals surface area contributed by atoms with Gasteiger partial charge in [-0.3, -0.25) is 0 Å². The summed E-state index contributed by atoms with van der Waals surface area (Å²) in [5, 5.41) is 0. The van der Waals surface area contributed by atoms with Crippen LogP contribution in [0, 0.1) is 6.92 Å². The van der Waals surface area contributed by atoms with Crippen molar-refractivity contribution < 1.29 is 4.74 Å². The number of hydrogen-bond donors (Lipinski definition) is 0. The predicted molar refractivity (Wildman–Crippen MR) is 75.7 cm³/mol. The SMILES string of the molecule is COc1ccc2nc(Cc3ccccc3C)cn2c1. The number of methoxy groups -OCH3 is 1. The summed E-state index contributed by atoms with van der Waals surface area (Å²) in [5.41, 5.74) is 4.64. The molecule has 19 heavy (non-hydrogen) atoms. The second-order valence-electron chi connectivity index (χ2n) is 4.67. The number of benzene rings is 1. The number of hydrogen-bond acceptors (Lipinski definition) is 2. The smallest absolute Gasteiger partial charge is 0.137 e. The summed E-state index contributed by atoms with van der Waals surface area (Å²) in [6.45, 7) is 2.13. The molecule has 0 saturated heterocycles. The Labute approximate surface area is 112 Å². The predicted octanol–water partition coefficient (Wildman–Crippen LogP) is 3.24. The van der Waals surface area contributed by atoms with Gasteiger partial charge in [0, 0.05) is 12.6 Å². The van der Waals surface area contributed by atoms with E-state index in [1.165, 1.54) is 11.1 Å². The fourth-order valence-corrected chi connectivity index (χ4v) is 2.23. The monoisotopic (exact) mass is 252 g/mol. The molecule has 0 saturated carbocycles. The zero-order chi connectivity index (χ0) is 13.2. The van der Waals surface area contributed by atoms with Crippen molar-refractivity contribution in [1.29, 1.82) is 0 Å². The zero-order valence-electron chi connectivity index (χ0n) is 11.1. The van der Waals surface area contributed by atoms with Gasteiger partial charge >= 0.3 is 0 Å². The quantitative estimate of drug-likeness (QED) is 0.715. The number of rotatable bonds is 3. The van der Waals surface area contributed by atoms with Crippen LogP contribution >= 0.6 is 0 Å². The molecule has 96 valence electrons. The van der Waals surface area contributed by atoms with E-state index in [-0.39, 0.29) is 0 Å². The summed E-state index contributed by atoms with van der Waals surface area (Å²) < 4.78 is 7.23. The molecule has 2 heterocycles.